The van der Waals surface area contributed by atoms with Gasteiger partial charge in [-0.05, 0) is 25.1 Å². The Morgan fingerprint density at radius 2 is 1.79 bits per heavy atom. The highest BCUT2D eigenvalue weighted by Crippen LogP contribution is 2.29. The van der Waals surface area contributed by atoms with Gasteiger partial charge in [0, 0.05) is 12.6 Å². The summed E-state index contributed by atoms with van der Waals surface area (Å²) in [5.74, 6) is -6.03. The van der Waals surface area contributed by atoms with E-state index in [1.165, 1.54) is 6.92 Å². The molecule has 0 spiro atoms. The minimum atomic E-state index is -4.86. The molecule has 0 radical (unpaired) electrons. The average molecular weight is 490 g/mol. The number of nitrogens with one attached hydrogen (secondary N) is 1. The Labute approximate surface area is 187 Å². The van der Waals surface area contributed by atoms with Gasteiger partial charge in [-0.15, -0.1) is 5.10 Å². The molecular formula is C20H16F6N4O4. The number of anilines is 1. The van der Waals surface area contributed by atoms with E-state index in [0.29, 0.717) is 16.8 Å². The molecule has 1 aromatic heterocycles. The Balaban J connectivity index is 2.12. The monoisotopic (exact) mass is 490 g/mol. The molecule has 0 saturated heterocycles. The molecule has 2 N–H and O–H groups in total. The van der Waals surface area contributed by atoms with Gasteiger partial charge in [-0.2, -0.15) is 17.9 Å². The van der Waals surface area contributed by atoms with Crippen LogP contribution >= 0.6 is 0 Å². The maximum absolute atomic E-state index is 14.9. The fourth-order valence-corrected chi connectivity index (χ4v) is 2.99. The standard InChI is InChI=1S/C20H16F6N4O4/c1-2-29-16(8-31)28-30(19(29)33)14-7-15(34-9-20(24,25)26)10(6-13(14)23)18(32)27-17-11(21)4-3-5-12(17)22/h3-7,31H,2,8-9H2,1H3,(H,27,32). The van der Waals surface area contributed by atoms with E-state index in [2.05, 4.69) is 9.84 Å². The van der Waals surface area contributed by atoms with Crippen molar-refractivity contribution in [2.24, 2.45) is 0 Å². The first-order valence-electron chi connectivity index (χ1n) is 9.55. The molecule has 182 valence electrons. The molecule has 0 aliphatic heterocycles. The molecule has 0 fully saturated rings. The van der Waals surface area contributed by atoms with E-state index in [4.69, 9.17) is 0 Å². The van der Waals surface area contributed by atoms with E-state index in [0.717, 1.165) is 22.8 Å². The number of alkyl halides is 3. The van der Waals surface area contributed by atoms with E-state index in [9.17, 15) is 41.0 Å². The molecule has 3 aromatic rings. The lowest BCUT2D eigenvalue weighted by molar-refractivity contribution is -0.153. The van der Waals surface area contributed by atoms with Crippen molar-refractivity contribution < 1.29 is 41.0 Å². The number of aromatic nitrogens is 3. The number of aliphatic hydroxyl groups is 1. The maximum Gasteiger partial charge on any atom is 0.422 e. The van der Waals surface area contributed by atoms with Crippen molar-refractivity contribution in [3.8, 4) is 11.4 Å². The summed E-state index contributed by atoms with van der Waals surface area (Å²) >= 11 is 0. The van der Waals surface area contributed by atoms with Crippen molar-refractivity contribution in [3.63, 3.8) is 0 Å². The molecule has 2 aromatic carbocycles. The highest BCUT2D eigenvalue weighted by Gasteiger charge is 2.30. The van der Waals surface area contributed by atoms with E-state index in [-0.39, 0.29) is 12.4 Å². The predicted octanol–water partition coefficient (Wildman–Crippen LogP) is 3.16. The zero-order valence-electron chi connectivity index (χ0n) is 17.3. The molecule has 14 heteroatoms. The summed E-state index contributed by atoms with van der Waals surface area (Å²) in [5.41, 5.74) is -3.35. The highest BCUT2D eigenvalue weighted by molar-refractivity contribution is 6.06. The molecule has 0 atom stereocenters. The SMILES string of the molecule is CCn1c(CO)nn(-c2cc(OCC(F)(F)F)c(C(=O)Nc3c(F)cccc3F)cc2F)c1=O. The smallest absolute Gasteiger partial charge is 0.422 e. The number of nitrogens with zero attached hydrogens (tertiary/aromatic N) is 3. The van der Waals surface area contributed by atoms with Gasteiger partial charge in [0.1, 0.15) is 41.2 Å². The average Bonchev–Trinajstić information content (AvgIpc) is 3.09. The molecule has 34 heavy (non-hydrogen) atoms. The van der Waals surface area contributed by atoms with Crippen molar-refractivity contribution in [2.45, 2.75) is 26.3 Å². The number of amides is 1. The Kier molecular flexibility index (Phi) is 7.00. The number of hydrogen-bond acceptors (Lipinski definition) is 5. The Hall–Kier alpha value is -3.81. The number of carbonyl (C=O) groups excluding carboxylic acids is 1. The van der Waals surface area contributed by atoms with Crippen molar-refractivity contribution in [3.05, 3.63) is 69.7 Å². The Bertz CT molecular complexity index is 1270. The van der Waals surface area contributed by atoms with Crippen LogP contribution in [0.2, 0.25) is 0 Å². The molecule has 0 aliphatic rings. The van der Waals surface area contributed by atoms with E-state index in [1.54, 1.807) is 0 Å². The van der Waals surface area contributed by atoms with Crippen LogP contribution in [0.1, 0.15) is 23.1 Å². The normalized spacial score (nSPS) is 11.5. The Morgan fingerprint density at radius 1 is 1.15 bits per heavy atom. The minimum Gasteiger partial charge on any atom is -0.483 e. The van der Waals surface area contributed by atoms with Crippen LogP contribution in [0.4, 0.5) is 32.0 Å². The summed E-state index contributed by atoms with van der Waals surface area (Å²) in [6.45, 7) is -1.00. The molecule has 0 unspecified atom stereocenters. The number of aliphatic hydroxyl groups excluding tert-OH is 1. The molecule has 3 rings (SSSR count). The van der Waals surface area contributed by atoms with Crippen LogP contribution in [0.15, 0.2) is 35.1 Å². The summed E-state index contributed by atoms with van der Waals surface area (Å²) in [5, 5.41) is 14.9. The summed E-state index contributed by atoms with van der Waals surface area (Å²) < 4.78 is 87.0. The van der Waals surface area contributed by atoms with Crippen LogP contribution in [-0.2, 0) is 13.2 Å². The quantitative estimate of drug-likeness (QED) is 0.496. The number of halogens is 6. The molecule has 0 bridgehead atoms. The predicted molar refractivity (Wildman–Crippen MR) is 105 cm³/mol. The lowest BCUT2D eigenvalue weighted by atomic mass is 10.1. The summed E-state index contributed by atoms with van der Waals surface area (Å²) in [6.07, 6.45) is -4.86. The lowest BCUT2D eigenvalue weighted by Gasteiger charge is -2.15. The molecule has 8 nitrogen and oxygen atoms in total. The highest BCUT2D eigenvalue weighted by atomic mass is 19.4. The van der Waals surface area contributed by atoms with Gasteiger partial charge in [0.25, 0.3) is 5.91 Å². The third-order valence-corrected chi connectivity index (χ3v) is 4.51. The first kappa shape index (κ1) is 24.8. The topological polar surface area (TPSA) is 98.4 Å². The van der Waals surface area contributed by atoms with Crippen LogP contribution in [-0.4, -0.2) is 38.1 Å². The second-order valence-corrected chi connectivity index (χ2v) is 6.77. The first-order valence-corrected chi connectivity index (χ1v) is 9.55. The van der Waals surface area contributed by atoms with Gasteiger partial charge in [-0.3, -0.25) is 9.36 Å². The van der Waals surface area contributed by atoms with Gasteiger partial charge >= 0.3 is 11.9 Å². The number of carbonyl (C=O) groups is 1. The fourth-order valence-electron chi connectivity index (χ4n) is 2.99. The van der Waals surface area contributed by atoms with Crippen molar-refractivity contribution >= 4 is 11.6 Å². The maximum atomic E-state index is 14.9. The van der Waals surface area contributed by atoms with Crippen LogP contribution in [0, 0.1) is 17.5 Å². The van der Waals surface area contributed by atoms with Crippen molar-refractivity contribution in [1.29, 1.82) is 0 Å². The summed E-state index contributed by atoms with van der Waals surface area (Å²) in [4.78, 5) is 25.1. The lowest BCUT2D eigenvalue weighted by Crippen LogP contribution is -2.25. The molecule has 1 amide bonds. The van der Waals surface area contributed by atoms with Crippen LogP contribution < -0.4 is 15.7 Å². The van der Waals surface area contributed by atoms with Crippen LogP contribution in [0.25, 0.3) is 5.69 Å². The second-order valence-electron chi connectivity index (χ2n) is 6.77. The van der Waals surface area contributed by atoms with Gasteiger partial charge in [-0.25, -0.2) is 18.0 Å². The van der Waals surface area contributed by atoms with Gasteiger partial charge in [0.05, 0.1) is 5.56 Å². The first-order chi connectivity index (χ1) is 16.0. The number of para-hydroxylation sites is 1. The number of benzene rings is 2. The summed E-state index contributed by atoms with van der Waals surface area (Å²) in [6, 6.07) is 3.70. The second kappa shape index (κ2) is 9.59. The number of hydrogen-bond donors (Lipinski definition) is 2. The zero-order chi connectivity index (χ0) is 25.2. The molecule has 1 heterocycles. The minimum absolute atomic E-state index is 0.0441. The Morgan fingerprint density at radius 3 is 2.32 bits per heavy atom. The van der Waals surface area contributed by atoms with Gasteiger partial charge in [-0.1, -0.05) is 6.07 Å². The third-order valence-electron chi connectivity index (χ3n) is 4.51. The van der Waals surface area contributed by atoms with E-state index in [1.807, 2.05) is 5.32 Å². The van der Waals surface area contributed by atoms with Gasteiger partial charge < -0.3 is 15.2 Å². The third kappa shape index (κ3) is 5.06. The van der Waals surface area contributed by atoms with Crippen LogP contribution in [0.5, 0.6) is 5.75 Å². The van der Waals surface area contributed by atoms with Crippen LogP contribution in [0.3, 0.4) is 0 Å². The largest absolute Gasteiger partial charge is 0.483 e. The zero-order valence-corrected chi connectivity index (χ0v) is 17.3. The fraction of sp³-hybridized carbons (Fsp3) is 0.250. The van der Waals surface area contributed by atoms with Crippen molar-refractivity contribution in [1.82, 2.24) is 14.3 Å². The van der Waals surface area contributed by atoms with Gasteiger partial charge in [0.2, 0.25) is 0 Å². The van der Waals surface area contributed by atoms with E-state index >= 15 is 0 Å². The van der Waals surface area contributed by atoms with Gasteiger partial charge in [0.15, 0.2) is 12.4 Å². The molecule has 0 saturated carbocycles. The van der Waals surface area contributed by atoms with Crippen molar-refractivity contribution in [2.75, 3.05) is 11.9 Å². The number of ether oxygens (including phenoxy) is 1. The number of rotatable bonds is 7. The van der Waals surface area contributed by atoms with E-state index < -0.39 is 71.1 Å². The summed E-state index contributed by atoms with van der Waals surface area (Å²) in [7, 11) is 0. The molecular weight excluding hydrogens is 474 g/mol. The molecule has 0 aliphatic carbocycles.